The molecule has 0 aromatic heterocycles. The molecule has 2 unspecified atom stereocenters. The second kappa shape index (κ2) is 5.68. The standard InChI is InChI=1S/C15H18BrCl2NO/c1-2-20-13-8-12(15(13)4-3-5-15)19-14-10(17)6-9(16)7-11(14)18/h6-7,12-13,19H,2-5,8H2,1H3. The quantitative estimate of drug-likeness (QED) is 0.745. The molecule has 3 rings (SSSR count). The average Bonchev–Trinajstić information content (AvgIpc) is 2.28. The highest BCUT2D eigenvalue weighted by Crippen LogP contribution is 2.58. The number of benzene rings is 1. The molecule has 0 heterocycles. The molecule has 5 heteroatoms. The molecule has 2 aliphatic carbocycles. The summed E-state index contributed by atoms with van der Waals surface area (Å²) in [6.07, 6.45) is 5.20. The van der Waals surface area contributed by atoms with E-state index in [2.05, 4.69) is 28.2 Å². The van der Waals surface area contributed by atoms with E-state index < -0.39 is 0 Å². The Morgan fingerprint density at radius 3 is 2.50 bits per heavy atom. The van der Waals surface area contributed by atoms with Crippen molar-refractivity contribution in [1.29, 1.82) is 0 Å². The summed E-state index contributed by atoms with van der Waals surface area (Å²) in [7, 11) is 0. The summed E-state index contributed by atoms with van der Waals surface area (Å²) in [6, 6.07) is 4.17. The van der Waals surface area contributed by atoms with Gasteiger partial charge in [0.15, 0.2) is 0 Å². The predicted octanol–water partition coefficient (Wildman–Crippen LogP) is 5.52. The van der Waals surface area contributed by atoms with E-state index >= 15 is 0 Å². The maximum atomic E-state index is 6.30. The van der Waals surface area contributed by atoms with Gasteiger partial charge in [0.1, 0.15) is 0 Å². The largest absolute Gasteiger partial charge is 0.379 e. The number of rotatable bonds is 4. The Labute approximate surface area is 138 Å². The van der Waals surface area contributed by atoms with E-state index in [1.807, 2.05) is 12.1 Å². The Kier molecular flexibility index (Phi) is 4.24. The van der Waals surface area contributed by atoms with Gasteiger partial charge in [-0.25, -0.2) is 0 Å². The average molecular weight is 379 g/mol. The zero-order chi connectivity index (χ0) is 14.3. The van der Waals surface area contributed by atoms with Crippen molar-refractivity contribution >= 4 is 44.8 Å². The maximum Gasteiger partial charge on any atom is 0.0722 e. The van der Waals surface area contributed by atoms with Crippen LogP contribution in [0.1, 0.15) is 32.6 Å². The molecule has 1 N–H and O–H groups in total. The number of ether oxygens (including phenoxy) is 1. The third-order valence-corrected chi connectivity index (χ3v) is 5.82. The molecule has 0 bridgehead atoms. The monoisotopic (exact) mass is 377 g/mol. The van der Waals surface area contributed by atoms with Crippen molar-refractivity contribution in [3.8, 4) is 0 Å². The molecule has 110 valence electrons. The van der Waals surface area contributed by atoms with Crippen LogP contribution in [-0.2, 0) is 4.74 Å². The van der Waals surface area contributed by atoms with Crippen LogP contribution in [0, 0.1) is 5.41 Å². The molecule has 2 aliphatic rings. The van der Waals surface area contributed by atoms with Crippen LogP contribution in [-0.4, -0.2) is 18.8 Å². The minimum Gasteiger partial charge on any atom is -0.379 e. The van der Waals surface area contributed by atoms with Gasteiger partial charge in [-0.1, -0.05) is 45.6 Å². The zero-order valence-electron chi connectivity index (χ0n) is 11.4. The van der Waals surface area contributed by atoms with Crippen LogP contribution < -0.4 is 5.32 Å². The highest BCUT2D eigenvalue weighted by atomic mass is 79.9. The van der Waals surface area contributed by atoms with Gasteiger partial charge < -0.3 is 10.1 Å². The van der Waals surface area contributed by atoms with Gasteiger partial charge >= 0.3 is 0 Å². The third kappa shape index (κ3) is 2.37. The lowest BCUT2D eigenvalue weighted by Gasteiger charge is -2.61. The maximum absolute atomic E-state index is 6.30. The molecule has 2 saturated carbocycles. The number of halogens is 3. The summed E-state index contributed by atoms with van der Waals surface area (Å²) in [5.41, 5.74) is 1.15. The van der Waals surface area contributed by atoms with Crippen molar-refractivity contribution in [3.05, 3.63) is 26.7 Å². The van der Waals surface area contributed by atoms with Crippen LogP contribution in [0.2, 0.25) is 10.0 Å². The van der Waals surface area contributed by atoms with Crippen molar-refractivity contribution in [2.75, 3.05) is 11.9 Å². The normalized spacial score (nSPS) is 27.0. The first-order valence-electron chi connectivity index (χ1n) is 7.09. The fourth-order valence-corrected chi connectivity index (χ4v) is 4.81. The van der Waals surface area contributed by atoms with E-state index in [4.69, 9.17) is 27.9 Å². The molecule has 0 saturated heterocycles. The van der Waals surface area contributed by atoms with Gasteiger partial charge in [-0.2, -0.15) is 0 Å². The first-order valence-corrected chi connectivity index (χ1v) is 8.64. The fraction of sp³-hybridized carbons (Fsp3) is 0.600. The van der Waals surface area contributed by atoms with E-state index in [-0.39, 0.29) is 0 Å². The Morgan fingerprint density at radius 1 is 1.35 bits per heavy atom. The molecule has 0 amide bonds. The number of hydrogen-bond donors (Lipinski definition) is 1. The molecule has 1 aromatic rings. The van der Waals surface area contributed by atoms with Gasteiger partial charge in [0.25, 0.3) is 0 Å². The SMILES string of the molecule is CCOC1CC(Nc2c(Cl)cc(Br)cc2Cl)C12CCC2. The van der Waals surface area contributed by atoms with Gasteiger partial charge in [0, 0.05) is 22.5 Å². The van der Waals surface area contributed by atoms with E-state index in [1.165, 1.54) is 19.3 Å². The Bertz CT molecular complexity index is 496. The fourth-order valence-electron chi connectivity index (χ4n) is 3.50. The number of hydrogen-bond acceptors (Lipinski definition) is 2. The van der Waals surface area contributed by atoms with Crippen LogP contribution in [0.3, 0.4) is 0 Å². The Hall–Kier alpha value is 0.0400. The summed E-state index contributed by atoms with van der Waals surface area (Å²) in [5.74, 6) is 0. The smallest absolute Gasteiger partial charge is 0.0722 e. The van der Waals surface area contributed by atoms with E-state index in [0.717, 1.165) is 23.2 Å². The molecule has 0 aliphatic heterocycles. The Balaban J connectivity index is 1.76. The van der Waals surface area contributed by atoms with Gasteiger partial charge in [0.2, 0.25) is 0 Å². The topological polar surface area (TPSA) is 21.3 Å². The molecule has 20 heavy (non-hydrogen) atoms. The molecular weight excluding hydrogens is 361 g/mol. The van der Waals surface area contributed by atoms with E-state index in [9.17, 15) is 0 Å². The molecule has 1 aromatic carbocycles. The molecular formula is C15H18BrCl2NO. The predicted molar refractivity (Wildman–Crippen MR) is 87.9 cm³/mol. The van der Waals surface area contributed by atoms with Gasteiger partial charge in [-0.05, 0) is 38.3 Å². The van der Waals surface area contributed by atoms with E-state index in [1.54, 1.807) is 0 Å². The van der Waals surface area contributed by atoms with Crippen LogP contribution in [0.5, 0.6) is 0 Å². The van der Waals surface area contributed by atoms with Crippen molar-refractivity contribution in [1.82, 2.24) is 0 Å². The van der Waals surface area contributed by atoms with Crippen molar-refractivity contribution < 1.29 is 4.74 Å². The van der Waals surface area contributed by atoms with Crippen molar-refractivity contribution in [2.24, 2.45) is 5.41 Å². The van der Waals surface area contributed by atoms with Crippen LogP contribution in [0.4, 0.5) is 5.69 Å². The van der Waals surface area contributed by atoms with Gasteiger partial charge in [0.05, 0.1) is 21.8 Å². The zero-order valence-corrected chi connectivity index (χ0v) is 14.5. The molecule has 1 spiro atoms. The first-order chi connectivity index (χ1) is 9.56. The third-order valence-electron chi connectivity index (χ3n) is 4.76. The number of nitrogens with one attached hydrogen (secondary N) is 1. The summed E-state index contributed by atoms with van der Waals surface area (Å²) in [5, 5.41) is 4.89. The van der Waals surface area contributed by atoms with Crippen molar-refractivity contribution in [2.45, 2.75) is 44.8 Å². The molecule has 2 atom stereocenters. The molecule has 0 radical (unpaired) electrons. The second-order valence-electron chi connectivity index (χ2n) is 5.71. The van der Waals surface area contributed by atoms with Crippen LogP contribution in [0.15, 0.2) is 16.6 Å². The minimum absolute atomic E-state index is 0.301. The lowest BCUT2D eigenvalue weighted by molar-refractivity contribution is -0.157. The number of anilines is 1. The molecule has 2 nitrogen and oxygen atoms in total. The second-order valence-corrected chi connectivity index (χ2v) is 7.44. The summed E-state index contributed by atoms with van der Waals surface area (Å²) < 4.78 is 6.77. The van der Waals surface area contributed by atoms with Crippen molar-refractivity contribution in [3.63, 3.8) is 0 Å². The highest BCUT2D eigenvalue weighted by molar-refractivity contribution is 9.10. The highest BCUT2D eigenvalue weighted by Gasteiger charge is 2.59. The van der Waals surface area contributed by atoms with Gasteiger partial charge in [-0.3, -0.25) is 0 Å². The Morgan fingerprint density at radius 2 is 2.00 bits per heavy atom. The summed E-state index contributed by atoms with van der Waals surface area (Å²) in [6.45, 7) is 2.86. The summed E-state index contributed by atoms with van der Waals surface area (Å²) >= 11 is 16.0. The molecule has 2 fully saturated rings. The van der Waals surface area contributed by atoms with Crippen LogP contribution >= 0.6 is 39.1 Å². The minimum atomic E-state index is 0.301. The lowest BCUT2D eigenvalue weighted by atomic mass is 9.51. The van der Waals surface area contributed by atoms with E-state index in [0.29, 0.717) is 27.6 Å². The lowest BCUT2D eigenvalue weighted by Crippen LogP contribution is -2.64. The summed E-state index contributed by atoms with van der Waals surface area (Å²) in [4.78, 5) is 0. The van der Waals surface area contributed by atoms with Crippen LogP contribution in [0.25, 0.3) is 0 Å². The van der Waals surface area contributed by atoms with Gasteiger partial charge in [-0.15, -0.1) is 0 Å². The first kappa shape index (κ1) is 15.0.